The number of halogens is 1. The van der Waals surface area contributed by atoms with Crippen LogP contribution in [0.25, 0.3) is 0 Å². The number of hydrogen-bond donors (Lipinski definition) is 1. The van der Waals surface area contributed by atoms with Crippen LogP contribution in [0.4, 0.5) is 0 Å². The maximum absolute atomic E-state index is 12.1. The molecule has 1 saturated heterocycles. The Bertz CT molecular complexity index is 417. The third kappa shape index (κ3) is 2.72. The van der Waals surface area contributed by atoms with Gasteiger partial charge in [0.15, 0.2) is 0 Å². The summed E-state index contributed by atoms with van der Waals surface area (Å²) in [6.07, 6.45) is 2.91. The van der Waals surface area contributed by atoms with Gasteiger partial charge in [-0.2, -0.15) is 0 Å². The second-order valence-electron chi connectivity index (χ2n) is 4.27. The Morgan fingerprint density at radius 2 is 2.47 bits per heavy atom. The molecule has 0 spiro atoms. The van der Waals surface area contributed by atoms with Crippen LogP contribution in [0.5, 0.6) is 0 Å². The van der Waals surface area contributed by atoms with E-state index >= 15 is 0 Å². The molecule has 5 heteroatoms. The monoisotopic (exact) mass is 300 g/mol. The van der Waals surface area contributed by atoms with E-state index in [1.165, 1.54) is 0 Å². The van der Waals surface area contributed by atoms with Gasteiger partial charge in [-0.15, -0.1) is 0 Å². The molecule has 2 rings (SSSR count). The zero-order valence-corrected chi connectivity index (χ0v) is 11.7. The molecule has 0 saturated carbocycles. The summed E-state index contributed by atoms with van der Waals surface area (Å²) in [5.41, 5.74) is 0.693. The second-order valence-corrected chi connectivity index (χ2v) is 5.19. The first kappa shape index (κ1) is 12.6. The summed E-state index contributed by atoms with van der Waals surface area (Å²) in [6.45, 7) is 5.52. The van der Waals surface area contributed by atoms with Crippen LogP contribution in [0.1, 0.15) is 30.8 Å². The summed E-state index contributed by atoms with van der Waals surface area (Å²) in [4.78, 5) is 12.1. The Hall–Kier alpha value is -0.810. The molecule has 1 N–H and O–H groups in total. The fourth-order valence-corrected chi connectivity index (χ4v) is 2.55. The topological polar surface area (TPSA) is 43.3 Å². The van der Waals surface area contributed by atoms with Gasteiger partial charge in [-0.3, -0.25) is 4.79 Å². The van der Waals surface area contributed by atoms with Crippen molar-refractivity contribution in [2.24, 2.45) is 0 Å². The molecule has 1 fully saturated rings. The molecule has 0 radical (unpaired) electrons. The lowest BCUT2D eigenvalue weighted by Crippen LogP contribution is -2.39. The number of aryl methyl sites for hydroxylation is 1. The van der Waals surface area contributed by atoms with Gasteiger partial charge < -0.3 is 14.6 Å². The lowest BCUT2D eigenvalue weighted by atomic mass is 10.1. The fraction of sp³-hybridized carbons (Fsp3) is 0.583. The first-order valence-electron chi connectivity index (χ1n) is 5.90. The van der Waals surface area contributed by atoms with Crippen molar-refractivity contribution in [2.45, 2.75) is 39.0 Å². The molecule has 1 aromatic rings. The van der Waals surface area contributed by atoms with Crippen LogP contribution in [-0.4, -0.2) is 29.2 Å². The first-order valence-corrected chi connectivity index (χ1v) is 6.69. The number of ether oxygens (including phenoxy) is 1. The molecule has 4 nitrogen and oxygen atoms in total. The Balaban J connectivity index is 2.08. The highest BCUT2D eigenvalue weighted by molar-refractivity contribution is 9.10. The van der Waals surface area contributed by atoms with Gasteiger partial charge in [0.25, 0.3) is 5.91 Å². The molecule has 1 amide bonds. The van der Waals surface area contributed by atoms with Gasteiger partial charge in [0.05, 0.1) is 12.1 Å². The number of nitrogens with zero attached hydrogens (tertiary/aromatic N) is 1. The zero-order valence-electron chi connectivity index (χ0n) is 10.1. The fourth-order valence-electron chi connectivity index (χ4n) is 2.09. The summed E-state index contributed by atoms with van der Waals surface area (Å²) >= 11 is 3.39. The van der Waals surface area contributed by atoms with Crippen molar-refractivity contribution in [2.75, 3.05) is 6.61 Å². The van der Waals surface area contributed by atoms with Crippen LogP contribution < -0.4 is 5.32 Å². The molecule has 1 aliphatic rings. The van der Waals surface area contributed by atoms with Gasteiger partial charge in [0.1, 0.15) is 5.69 Å². The van der Waals surface area contributed by atoms with Crippen LogP contribution >= 0.6 is 15.9 Å². The predicted octanol–water partition coefficient (Wildman–Crippen LogP) is 2.18. The van der Waals surface area contributed by atoms with Crippen LogP contribution in [-0.2, 0) is 11.3 Å². The third-order valence-electron chi connectivity index (χ3n) is 3.13. The SMILES string of the molecule is CCn1cc(Br)cc1C(=O)NC1CCOC1C. The summed E-state index contributed by atoms with van der Waals surface area (Å²) in [6, 6.07) is 1.97. The minimum Gasteiger partial charge on any atom is -0.376 e. The van der Waals surface area contributed by atoms with Crippen molar-refractivity contribution in [3.63, 3.8) is 0 Å². The smallest absolute Gasteiger partial charge is 0.268 e. The van der Waals surface area contributed by atoms with Gasteiger partial charge in [0.2, 0.25) is 0 Å². The average Bonchev–Trinajstić information content (AvgIpc) is 2.85. The summed E-state index contributed by atoms with van der Waals surface area (Å²) in [5, 5.41) is 3.03. The molecule has 1 aliphatic heterocycles. The van der Waals surface area contributed by atoms with E-state index in [-0.39, 0.29) is 18.1 Å². The van der Waals surface area contributed by atoms with E-state index < -0.39 is 0 Å². The van der Waals surface area contributed by atoms with Crippen molar-refractivity contribution in [1.82, 2.24) is 9.88 Å². The van der Waals surface area contributed by atoms with Crippen LogP contribution in [0.2, 0.25) is 0 Å². The molecule has 94 valence electrons. The molecule has 2 unspecified atom stereocenters. The minimum absolute atomic E-state index is 0.0279. The highest BCUT2D eigenvalue weighted by atomic mass is 79.9. The van der Waals surface area contributed by atoms with Crippen molar-refractivity contribution < 1.29 is 9.53 Å². The highest BCUT2D eigenvalue weighted by Crippen LogP contribution is 2.17. The van der Waals surface area contributed by atoms with Crippen molar-refractivity contribution in [1.29, 1.82) is 0 Å². The van der Waals surface area contributed by atoms with Crippen LogP contribution in [0.15, 0.2) is 16.7 Å². The quantitative estimate of drug-likeness (QED) is 0.930. The molecule has 0 aromatic carbocycles. The lowest BCUT2D eigenvalue weighted by Gasteiger charge is -2.16. The first-order chi connectivity index (χ1) is 8.11. The van der Waals surface area contributed by atoms with Crippen molar-refractivity contribution >= 4 is 21.8 Å². The van der Waals surface area contributed by atoms with E-state index in [1.807, 2.05) is 30.7 Å². The van der Waals surface area contributed by atoms with Gasteiger partial charge in [-0.25, -0.2) is 0 Å². The third-order valence-corrected chi connectivity index (χ3v) is 3.56. The lowest BCUT2D eigenvalue weighted by molar-refractivity contribution is 0.0858. The summed E-state index contributed by atoms with van der Waals surface area (Å²) < 4.78 is 8.29. The number of rotatable bonds is 3. The van der Waals surface area contributed by atoms with Crippen LogP contribution in [0, 0.1) is 0 Å². The van der Waals surface area contributed by atoms with E-state index in [1.54, 1.807) is 0 Å². The number of carbonyl (C=O) groups is 1. The van der Waals surface area contributed by atoms with Crippen molar-refractivity contribution in [3.05, 3.63) is 22.4 Å². The standard InChI is InChI=1S/C12H17BrN2O2/c1-3-15-7-9(13)6-11(15)12(16)14-10-4-5-17-8(10)2/h6-8,10H,3-5H2,1-2H3,(H,14,16). The minimum atomic E-state index is -0.0279. The van der Waals surface area contributed by atoms with Gasteiger partial charge >= 0.3 is 0 Å². The van der Waals surface area contributed by atoms with E-state index in [9.17, 15) is 4.79 Å². The maximum Gasteiger partial charge on any atom is 0.268 e. The normalized spacial score (nSPS) is 23.9. The molecule has 0 aliphatic carbocycles. The van der Waals surface area contributed by atoms with E-state index in [2.05, 4.69) is 21.2 Å². The molecule has 0 bridgehead atoms. The Kier molecular flexibility index (Phi) is 3.89. The van der Waals surface area contributed by atoms with Gasteiger partial charge in [-0.05, 0) is 42.3 Å². The molecular weight excluding hydrogens is 284 g/mol. The van der Waals surface area contributed by atoms with Gasteiger partial charge in [0, 0.05) is 23.8 Å². The highest BCUT2D eigenvalue weighted by Gasteiger charge is 2.26. The number of amides is 1. The Morgan fingerprint density at radius 3 is 3.06 bits per heavy atom. The average molecular weight is 301 g/mol. The van der Waals surface area contributed by atoms with Gasteiger partial charge in [-0.1, -0.05) is 0 Å². The Labute approximate surface area is 109 Å². The van der Waals surface area contributed by atoms with E-state index in [4.69, 9.17) is 4.74 Å². The molecular formula is C12H17BrN2O2. The maximum atomic E-state index is 12.1. The second kappa shape index (κ2) is 5.23. The Morgan fingerprint density at radius 1 is 1.71 bits per heavy atom. The zero-order chi connectivity index (χ0) is 12.4. The number of aromatic nitrogens is 1. The van der Waals surface area contributed by atoms with E-state index in [0.717, 1.165) is 24.0 Å². The molecule has 17 heavy (non-hydrogen) atoms. The largest absolute Gasteiger partial charge is 0.376 e. The van der Waals surface area contributed by atoms with Crippen molar-refractivity contribution in [3.8, 4) is 0 Å². The molecule has 2 heterocycles. The summed E-state index contributed by atoms with van der Waals surface area (Å²) in [7, 11) is 0. The number of hydrogen-bond acceptors (Lipinski definition) is 2. The van der Waals surface area contributed by atoms with Crippen LogP contribution in [0.3, 0.4) is 0 Å². The number of nitrogens with one attached hydrogen (secondary N) is 1. The predicted molar refractivity (Wildman–Crippen MR) is 69.1 cm³/mol. The molecule has 1 aromatic heterocycles. The van der Waals surface area contributed by atoms with E-state index in [0.29, 0.717) is 5.69 Å². The number of carbonyl (C=O) groups excluding carboxylic acids is 1. The summed E-state index contributed by atoms with van der Waals surface area (Å²) in [5.74, 6) is -0.0279. The molecule has 2 atom stereocenters.